The van der Waals surface area contributed by atoms with Gasteiger partial charge in [0.25, 0.3) is 0 Å². The summed E-state index contributed by atoms with van der Waals surface area (Å²) in [7, 11) is 0. The van der Waals surface area contributed by atoms with E-state index in [1.807, 2.05) is 13.8 Å². The van der Waals surface area contributed by atoms with E-state index in [1.165, 1.54) is 29.5 Å². The van der Waals surface area contributed by atoms with Crippen LogP contribution in [0, 0.1) is 0 Å². The number of rotatable bonds is 8. The third-order valence-corrected chi connectivity index (χ3v) is 4.15. The fourth-order valence-electron chi connectivity index (χ4n) is 2.12. The lowest BCUT2D eigenvalue weighted by atomic mass is 10.1. The lowest BCUT2D eigenvalue weighted by molar-refractivity contribution is -0.116. The molecule has 2 rings (SSSR count). The molecule has 1 amide bonds. The van der Waals surface area contributed by atoms with Crippen molar-refractivity contribution in [3.8, 4) is 5.75 Å². The van der Waals surface area contributed by atoms with Crippen molar-refractivity contribution < 1.29 is 24.2 Å². The largest absolute Gasteiger partial charge is 0.489 e. The molecule has 132 valence electrons. The molecule has 0 unspecified atom stereocenters. The van der Waals surface area contributed by atoms with Crippen LogP contribution in [0.15, 0.2) is 35.7 Å². The third kappa shape index (κ3) is 5.42. The van der Waals surface area contributed by atoms with Crippen molar-refractivity contribution in [1.82, 2.24) is 0 Å². The van der Waals surface area contributed by atoms with Crippen LogP contribution in [0.3, 0.4) is 0 Å². The van der Waals surface area contributed by atoms with Crippen molar-refractivity contribution in [3.05, 3.63) is 46.2 Å². The van der Waals surface area contributed by atoms with Crippen LogP contribution in [0.4, 0.5) is 5.69 Å². The van der Waals surface area contributed by atoms with Gasteiger partial charge in [-0.25, -0.2) is 4.79 Å². The third-order valence-electron chi connectivity index (χ3n) is 3.24. The van der Waals surface area contributed by atoms with Crippen molar-refractivity contribution >= 4 is 34.7 Å². The number of carbonyl (C=O) groups is 3. The minimum absolute atomic E-state index is 0.00908. The van der Waals surface area contributed by atoms with Gasteiger partial charge in [0.15, 0.2) is 5.78 Å². The SMILES string of the molecule is CC(C)Oc1ccc(C(=O)O)cc1NC(=O)CCC(=O)c1cccs1. The van der Waals surface area contributed by atoms with Crippen LogP contribution in [0.2, 0.25) is 0 Å². The number of anilines is 1. The highest BCUT2D eigenvalue weighted by Gasteiger charge is 2.15. The first-order valence-electron chi connectivity index (χ1n) is 7.77. The molecule has 7 heteroatoms. The molecule has 0 saturated heterocycles. The minimum Gasteiger partial charge on any atom is -0.489 e. The van der Waals surface area contributed by atoms with Gasteiger partial charge in [0.2, 0.25) is 5.91 Å². The van der Waals surface area contributed by atoms with E-state index < -0.39 is 5.97 Å². The molecule has 25 heavy (non-hydrogen) atoms. The first kappa shape index (κ1) is 18.7. The number of Topliss-reactive ketones (excluding diaryl/α,β-unsaturated/α-hetero) is 1. The number of ether oxygens (including phenoxy) is 1. The number of aromatic carboxylic acids is 1. The Kier molecular flexibility index (Phi) is 6.30. The van der Waals surface area contributed by atoms with Crippen LogP contribution in [0.1, 0.15) is 46.7 Å². The van der Waals surface area contributed by atoms with Crippen molar-refractivity contribution in [2.24, 2.45) is 0 Å². The number of benzene rings is 1. The molecule has 2 aromatic rings. The van der Waals surface area contributed by atoms with E-state index >= 15 is 0 Å². The Bertz CT molecular complexity index is 768. The highest BCUT2D eigenvalue weighted by atomic mass is 32.1. The van der Waals surface area contributed by atoms with Crippen LogP contribution in [-0.4, -0.2) is 28.9 Å². The molecule has 0 radical (unpaired) electrons. The zero-order valence-electron chi connectivity index (χ0n) is 13.9. The monoisotopic (exact) mass is 361 g/mol. The Labute approximate surface area is 149 Å². The predicted molar refractivity (Wildman–Crippen MR) is 95.7 cm³/mol. The van der Waals surface area contributed by atoms with Gasteiger partial charge in [0, 0.05) is 12.8 Å². The first-order valence-corrected chi connectivity index (χ1v) is 8.65. The summed E-state index contributed by atoms with van der Waals surface area (Å²) in [6, 6.07) is 7.77. The zero-order chi connectivity index (χ0) is 18.4. The van der Waals surface area contributed by atoms with E-state index in [4.69, 9.17) is 9.84 Å². The van der Waals surface area contributed by atoms with Gasteiger partial charge in [-0.2, -0.15) is 0 Å². The topological polar surface area (TPSA) is 92.7 Å². The summed E-state index contributed by atoms with van der Waals surface area (Å²) in [5.41, 5.74) is 0.322. The zero-order valence-corrected chi connectivity index (χ0v) is 14.8. The quantitative estimate of drug-likeness (QED) is 0.697. The number of nitrogens with one attached hydrogen (secondary N) is 1. The van der Waals surface area contributed by atoms with Gasteiger partial charge in [-0.1, -0.05) is 6.07 Å². The number of carboxylic acids is 1. The molecule has 0 aliphatic rings. The lowest BCUT2D eigenvalue weighted by Crippen LogP contribution is -2.16. The van der Waals surface area contributed by atoms with Crippen LogP contribution < -0.4 is 10.1 Å². The van der Waals surface area contributed by atoms with Gasteiger partial charge in [-0.05, 0) is 43.5 Å². The second kappa shape index (κ2) is 8.43. The normalized spacial score (nSPS) is 10.5. The van der Waals surface area contributed by atoms with Crippen LogP contribution in [0.5, 0.6) is 5.75 Å². The van der Waals surface area contributed by atoms with Crippen LogP contribution in [-0.2, 0) is 4.79 Å². The van der Waals surface area contributed by atoms with E-state index in [9.17, 15) is 14.4 Å². The number of amides is 1. The molecule has 0 spiro atoms. The Morgan fingerprint density at radius 2 is 1.96 bits per heavy atom. The molecule has 0 bridgehead atoms. The minimum atomic E-state index is -1.10. The lowest BCUT2D eigenvalue weighted by Gasteiger charge is -2.15. The number of thiophene rings is 1. The van der Waals surface area contributed by atoms with E-state index in [2.05, 4.69) is 5.32 Å². The van der Waals surface area contributed by atoms with Crippen LogP contribution >= 0.6 is 11.3 Å². The molecular formula is C18H19NO5S. The number of hydrogen-bond donors (Lipinski definition) is 2. The van der Waals surface area contributed by atoms with Crippen molar-refractivity contribution in [2.75, 3.05) is 5.32 Å². The molecule has 1 heterocycles. The smallest absolute Gasteiger partial charge is 0.335 e. The fraction of sp³-hybridized carbons (Fsp3) is 0.278. The molecule has 0 aliphatic carbocycles. The molecule has 0 atom stereocenters. The van der Waals surface area contributed by atoms with Gasteiger partial charge in [0.05, 0.1) is 22.2 Å². The number of hydrogen-bond acceptors (Lipinski definition) is 5. The summed E-state index contributed by atoms with van der Waals surface area (Å²) in [4.78, 5) is 35.8. The average molecular weight is 361 g/mol. The highest BCUT2D eigenvalue weighted by molar-refractivity contribution is 7.12. The molecule has 6 nitrogen and oxygen atoms in total. The first-order chi connectivity index (χ1) is 11.9. The maximum atomic E-state index is 12.1. The second-order valence-electron chi connectivity index (χ2n) is 5.63. The molecule has 0 fully saturated rings. The molecule has 1 aromatic carbocycles. The van der Waals surface area contributed by atoms with Gasteiger partial charge >= 0.3 is 5.97 Å². The number of ketones is 1. The summed E-state index contributed by atoms with van der Waals surface area (Å²) < 4.78 is 5.59. The van der Waals surface area contributed by atoms with E-state index in [0.717, 1.165) is 0 Å². The van der Waals surface area contributed by atoms with E-state index in [-0.39, 0.29) is 41.9 Å². The molecule has 0 aliphatic heterocycles. The number of carbonyl (C=O) groups excluding carboxylic acids is 2. The van der Waals surface area contributed by atoms with Gasteiger partial charge in [-0.15, -0.1) is 11.3 Å². The maximum Gasteiger partial charge on any atom is 0.335 e. The maximum absolute atomic E-state index is 12.1. The van der Waals surface area contributed by atoms with Gasteiger partial charge < -0.3 is 15.2 Å². The Balaban J connectivity index is 2.06. The Hall–Kier alpha value is -2.67. The summed E-state index contributed by atoms with van der Waals surface area (Å²) in [5.74, 6) is -1.18. The fourth-order valence-corrected chi connectivity index (χ4v) is 2.81. The standard InChI is InChI=1S/C18H19NO5S/c1-11(2)24-15-7-5-12(18(22)23)10-13(15)19-17(21)8-6-14(20)16-4-3-9-25-16/h3-5,7,9-11H,6,8H2,1-2H3,(H,19,21)(H,22,23). The summed E-state index contributed by atoms with van der Waals surface area (Å²) in [5, 5.41) is 13.5. The summed E-state index contributed by atoms with van der Waals surface area (Å²) in [6.45, 7) is 3.66. The van der Waals surface area contributed by atoms with E-state index in [0.29, 0.717) is 10.6 Å². The number of carboxylic acid groups (broad SMARTS) is 1. The Morgan fingerprint density at radius 1 is 1.20 bits per heavy atom. The van der Waals surface area contributed by atoms with Gasteiger partial charge in [-0.3, -0.25) is 9.59 Å². The Morgan fingerprint density at radius 3 is 2.56 bits per heavy atom. The molecule has 2 N–H and O–H groups in total. The second-order valence-corrected chi connectivity index (χ2v) is 6.58. The summed E-state index contributed by atoms with van der Waals surface area (Å²) >= 11 is 1.33. The predicted octanol–water partition coefficient (Wildman–Crippen LogP) is 3.84. The van der Waals surface area contributed by atoms with Gasteiger partial charge in [0.1, 0.15) is 5.75 Å². The van der Waals surface area contributed by atoms with Crippen molar-refractivity contribution in [1.29, 1.82) is 0 Å². The molecular weight excluding hydrogens is 342 g/mol. The van der Waals surface area contributed by atoms with Crippen LogP contribution in [0.25, 0.3) is 0 Å². The van der Waals surface area contributed by atoms with Crippen molar-refractivity contribution in [2.45, 2.75) is 32.8 Å². The molecule has 1 aromatic heterocycles. The van der Waals surface area contributed by atoms with Crippen molar-refractivity contribution in [3.63, 3.8) is 0 Å². The molecule has 0 saturated carbocycles. The average Bonchev–Trinajstić information content (AvgIpc) is 3.08. The summed E-state index contributed by atoms with van der Waals surface area (Å²) in [6.07, 6.45) is -0.0349. The van der Waals surface area contributed by atoms with E-state index in [1.54, 1.807) is 17.5 Å². The highest BCUT2D eigenvalue weighted by Crippen LogP contribution is 2.27.